The lowest BCUT2D eigenvalue weighted by molar-refractivity contribution is 0.630. The van der Waals surface area contributed by atoms with Crippen molar-refractivity contribution < 1.29 is 0 Å². The van der Waals surface area contributed by atoms with Gasteiger partial charge in [0, 0.05) is 5.92 Å². The summed E-state index contributed by atoms with van der Waals surface area (Å²) in [6, 6.07) is 21.6. The summed E-state index contributed by atoms with van der Waals surface area (Å²) < 4.78 is 0. The Bertz CT molecular complexity index is 452. The molecule has 2 aromatic carbocycles. The Hall–Kier alpha value is -1.60. The fraction of sp³-hybridized carbons (Fsp3) is 0.294. The Balaban J connectivity index is 1.95. The molecule has 0 spiro atoms. The molecule has 18 heavy (non-hydrogen) atoms. The molecule has 0 aliphatic heterocycles. The fourth-order valence-corrected chi connectivity index (χ4v) is 2.96. The first-order chi connectivity index (χ1) is 8.90. The molecule has 1 aliphatic rings. The second-order valence-electron chi connectivity index (χ2n) is 5.19. The van der Waals surface area contributed by atoms with Gasteiger partial charge in [0.25, 0.3) is 0 Å². The second kappa shape index (κ2) is 4.95. The summed E-state index contributed by atoms with van der Waals surface area (Å²) in [5, 5.41) is 0. The van der Waals surface area contributed by atoms with Gasteiger partial charge >= 0.3 is 0 Å². The third-order valence-corrected chi connectivity index (χ3v) is 4.03. The highest BCUT2D eigenvalue weighted by Gasteiger charge is 2.42. The molecule has 0 bridgehead atoms. The van der Waals surface area contributed by atoms with Gasteiger partial charge in [-0.15, -0.1) is 0 Å². The standard InChI is InChI=1S/C17H19N/c18-12-15-11-16(15)17(13-7-3-1-4-8-13)14-9-5-2-6-10-14/h1-10,15-17H,11-12,18H2/t15-,16+/m0/s1. The van der Waals surface area contributed by atoms with Crippen LogP contribution in [0.15, 0.2) is 60.7 Å². The monoisotopic (exact) mass is 237 g/mol. The molecule has 2 aromatic rings. The van der Waals surface area contributed by atoms with Crippen molar-refractivity contribution in [1.29, 1.82) is 0 Å². The summed E-state index contributed by atoms with van der Waals surface area (Å²) in [6.45, 7) is 0.820. The van der Waals surface area contributed by atoms with Gasteiger partial charge in [0.05, 0.1) is 0 Å². The molecule has 0 heterocycles. The minimum absolute atomic E-state index is 0.515. The molecule has 1 nitrogen and oxygen atoms in total. The average molecular weight is 237 g/mol. The molecule has 1 fully saturated rings. The number of hydrogen-bond donors (Lipinski definition) is 1. The van der Waals surface area contributed by atoms with E-state index < -0.39 is 0 Å². The number of rotatable bonds is 4. The van der Waals surface area contributed by atoms with E-state index in [-0.39, 0.29) is 0 Å². The highest BCUT2D eigenvalue weighted by Crippen LogP contribution is 2.50. The van der Waals surface area contributed by atoms with Crippen molar-refractivity contribution in [2.24, 2.45) is 17.6 Å². The lowest BCUT2D eigenvalue weighted by Crippen LogP contribution is -2.09. The molecule has 0 unspecified atom stereocenters. The van der Waals surface area contributed by atoms with Crippen LogP contribution < -0.4 is 5.73 Å². The van der Waals surface area contributed by atoms with Gasteiger partial charge in [0.1, 0.15) is 0 Å². The van der Waals surface area contributed by atoms with Crippen molar-refractivity contribution in [1.82, 2.24) is 0 Å². The van der Waals surface area contributed by atoms with Crippen molar-refractivity contribution in [2.75, 3.05) is 6.54 Å². The van der Waals surface area contributed by atoms with Gasteiger partial charge in [-0.25, -0.2) is 0 Å². The van der Waals surface area contributed by atoms with E-state index >= 15 is 0 Å². The molecule has 3 rings (SSSR count). The van der Waals surface area contributed by atoms with Gasteiger partial charge in [-0.2, -0.15) is 0 Å². The second-order valence-corrected chi connectivity index (χ2v) is 5.19. The summed E-state index contributed by atoms with van der Waals surface area (Å²) in [5.41, 5.74) is 8.66. The highest BCUT2D eigenvalue weighted by molar-refractivity contribution is 5.35. The molecule has 92 valence electrons. The maximum atomic E-state index is 5.82. The van der Waals surface area contributed by atoms with Crippen LogP contribution in [0.2, 0.25) is 0 Å². The van der Waals surface area contributed by atoms with Gasteiger partial charge in [0.2, 0.25) is 0 Å². The molecular formula is C17H19N. The summed E-state index contributed by atoms with van der Waals surface area (Å²) in [5.74, 6) is 1.94. The van der Waals surface area contributed by atoms with Gasteiger partial charge in [0.15, 0.2) is 0 Å². The van der Waals surface area contributed by atoms with Crippen LogP contribution in [0.25, 0.3) is 0 Å². The van der Waals surface area contributed by atoms with Crippen LogP contribution in [-0.2, 0) is 0 Å². The third kappa shape index (κ3) is 2.19. The zero-order valence-corrected chi connectivity index (χ0v) is 10.5. The van der Waals surface area contributed by atoms with Crippen LogP contribution in [0.5, 0.6) is 0 Å². The van der Waals surface area contributed by atoms with Gasteiger partial charge in [-0.1, -0.05) is 60.7 Å². The Morgan fingerprint density at radius 2 is 1.39 bits per heavy atom. The first kappa shape index (κ1) is 11.5. The van der Waals surface area contributed by atoms with E-state index in [0.29, 0.717) is 11.8 Å². The summed E-state index contributed by atoms with van der Waals surface area (Å²) in [7, 11) is 0. The number of hydrogen-bond acceptors (Lipinski definition) is 1. The Kier molecular flexibility index (Phi) is 3.16. The normalized spacial score (nSPS) is 22.1. The van der Waals surface area contributed by atoms with Crippen LogP contribution in [0.3, 0.4) is 0 Å². The first-order valence-electron chi connectivity index (χ1n) is 6.70. The molecule has 1 heteroatoms. The van der Waals surface area contributed by atoms with Crippen LogP contribution in [0.4, 0.5) is 0 Å². The summed E-state index contributed by atoms with van der Waals surface area (Å²) in [6.07, 6.45) is 1.27. The van der Waals surface area contributed by atoms with E-state index in [9.17, 15) is 0 Å². The molecule has 1 saturated carbocycles. The molecule has 0 saturated heterocycles. The SMILES string of the molecule is NC[C@@H]1C[C@H]1C(c1ccccc1)c1ccccc1. The minimum Gasteiger partial charge on any atom is -0.330 e. The summed E-state index contributed by atoms with van der Waals surface area (Å²) >= 11 is 0. The fourth-order valence-electron chi connectivity index (χ4n) is 2.96. The van der Waals surface area contributed by atoms with Gasteiger partial charge in [-0.05, 0) is 35.9 Å². The van der Waals surface area contributed by atoms with E-state index in [1.54, 1.807) is 0 Å². The zero-order chi connectivity index (χ0) is 12.4. The third-order valence-electron chi connectivity index (χ3n) is 4.03. The first-order valence-corrected chi connectivity index (χ1v) is 6.70. The van der Waals surface area contributed by atoms with Gasteiger partial charge in [-0.3, -0.25) is 0 Å². The quantitative estimate of drug-likeness (QED) is 0.866. The Morgan fingerprint density at radius 1 is 0.889 bits per heavy atom. The van der Waals surface area contributed by atoms with Crippen LogP contribution in [0.1, 0.15) is 23.5 Å². The lowest BCUT2D eigenvalue weighted by atomic mass is 9.86. The average Bonchev–Trinajstić information content (AvgIpc) is 3.21. The predicted molar refractivity (Wildman–Crippen MR) is 75.4 cm³/mol. The molecule has 2 atom stereocenters. The number of benzene rings is 2. The maximum Gasteiger partial charge on any atom is 0.0121 e. The van der Waals surface area contributed by atoms with Crippen LogP contribution in [-0.4, -0.2) is 6.54 Å². The van der Waals surface area contributed by atoms with E-state index in [4.69, 9.17) is 5.73 Å². The van der Waals surface area contributed by atoms with Crippen LogP contribution >= 0.6 is 0 Å². The van der Waals surface area contributed by atoms with E-state index in [1.165, 1.54) is 17.5 Å². The maximum absolute atomic E-state index is 5.82. The van der Waals surface area contributed by atoms with Crippen molar-refractivity contribution >= 4 is 0 Å². The van der Waals surface area contributed by atoms with Crippen molar-refractivity contribution in [3.63, 3.8) is 0 Å². The minimum atomic E-state index is 0.515. The van der Waals surface area contributed by atoms with Crippen LogP contribution in [0, 0.1) is 11.8 Å². The van der Waals surface area contributed by atoms with E-state index in [2.05, 4.69) is 60.7 Å². The van der Waals surface area contributed by atoms with Crippen molar-refractivity contribution in [2.45, 2.75) is 12.3 Å². The molecular weight excluding hydrogens is 218 g/mol. The molecule has 0 radical (unpaired) electrons. The highest BCUT2D eigenvalue weighted by atomic mass is 14.6. The van der Waals surface area contributed by atoms with E-state index in [1.807, 2.05) is 0 Å². The van der Waals surface area contributed by atoms with Crippen molar-refractivity contribution in [3.8, 4) is 0 Å². The zero-order valence-electron chi connectivity index (χ0n) is 10.5. The van der Waals surface area contributed by atoms with E-state index in [0.717, 1.165) is 12.5 Å². The lowest BCUT2D eigenvalue weighted by Gasteiger charge is -2.18. The Morgan fingerprint density at radius 3 is 1.78 bits per heavy atom. The number of nitrogens with two attached hydrogens (primary N) is 1. The van der Waals surface area contributed by atoms with Crippen molar-refractivity contribution in [3.05, 3.63) is 71.8 Å². The molecule has 0 aromatic heterocycles. The molecule has 2 N–H and O–H groups in total. The molecule has 0 amide bonds. The predicted octanol–water partition coefficient (Wildman–Crippen LogP) is 3.41. The summed E-state index contributed by atoms with van der Waals surface area (Å²) in [4.78, 5) is 0. The Labute approximate surface area is 109 Å². The smallest absolute Gasteiger partial charge is 0.0121 e. The van der Waals surface area contributed by atoms with Gasteiger partial charge < -0.3 is 5.73 Å². The largest absolute Gasteiger partial charge is 0.330 e. The molecule has 1 aliphatic carbocycles. The topological polar surface area (TPSA) is 26.0 Å².